The molecule has 0 spiro atoms. The summed E-state index contributed by atoms with van der Waals surface area (Å²) in [6.07, 6.45) is 2.74. The van der Waals surface area contributed by atoms with Gasteiger partial charge in [0.15, 0.2) is 0 Å². The van der Waals surface area contributed by atoms with Gasteiger partial charge in [-0.15, -0.1) is 0 Å². The fourth-order valence-corrected chi connectivity index (χ4v) is 3.28. The van der Waals surface area contributed by atoms with Crippen LogP contribution in [0.4, 0.5) is 0 Å². The molecule has 2 heterocycles. The highest BCUT2D eigenvalue weighted by atomic mass is 16.3. The molecule has 1 aromatic heterocycles. The molecule has 0 radical (unpaired) electrons. The Hall–Kier alpha value is -1.81. The maximum atomic E-state index is 12.1. The number of nitrogens with one attached hydrogen (secondary N) is 2. The Morgan fingerprint density at radius 2 is 2.27 bits per heavy atom. The molecule has 2 unspecified atom stereocenters. The third kappa shape index (κ3) is 3.17. The predicted molar refractivity (Wildman–Crippen MR) is 87.7 cm³/mol. The fourth-order valence-electron chi connectivity index (χ4n) is 3.28. The second-order valence-corrected chi connectivity index (χ2v) is 6.27. The van der Waals surface area contributed by atoms with Crippen molar-refractivity contribution >= 4 is 16.9 Å². The van der Waals surface area contributed by atoms with Crippen LogP contribution in [0.2, 0.25) is 0 Å². The third-order valence-corrected chi connectivity index (χ3v) is 4.59. The van der Waals surface area contributed by atoms with Crippen LogP contribution in [-0.2, 0) is 4.79 Å². The lowest BCUT2D eigenvalue weighted by molar-refractivity contribution is -0.122. The van der Waals surface area contributed by atoms with Crippen LogP contribution >= 0.6 is 0 Å². The van der Waals surface area contributed by atoms with Crippen molar-refractivity contribution < 1.29 is 9.21 Å². The summed E-state index contributed by atoms with van der Waals surface area (Å²) in [5.41, 5.74) is 2.00. The van der Waals surface area contributed by atoms with Gasteiger partial charge >= 0.3 is 0 Å². The molecular formula is C18H24N2O2. The summed E-state index contributed by atoms with van der Waals surface area (Å²) in [6.45, 7) is 6.17. The van der Waals surface area contributed by atoms with E-state index in [2.05, 4.69) is 16.7 Å². The van der Waals surface area contributed by atoms with Gasteiger partial charge in [0, 0.05) is 17.4 Å². The molecule has 3 rings (SSSR count). The third-order valence-electron chi connectivity index (χ3n) is 4.59. The normalized spacial score (nSPS) is 19.5. The second-order valence-electron chi connectivity index (χ2n) is 6.27. The maximum absolute atomic E-state index is 12.1. The molecule has 1 amide bonds. The van der Waals surface area contributed by atoms with Gasteiger partial charge in [0.1, 0.15) is 11.3 Å². The topological polar surface area (TPSA) is 54.3 Å². The second kappa shape index (κ2) is 6.53. The number of amides is 1. The van der Waals surface area contributed by atoms with Gasteiger partial charge in [-0.3, -0.25) is 4.79 Å². The first-order chi connectivity index (χ1) is 10.6. The summed E-state index contributed by atoms with van der Waals surface area (Å²) in [6, 6.07) is 7.90. The zero-order valence-electron chi connectivity index (χ0n) is 13.3. The molecule has 2 aromatic rings. The number of benzene rings is 1. The molecule has 1 aliphatic rings. The van der Waals surface area contributed by atoms with Crippen LogP contribution in [0, 0.1) is 12.8 Å². The molecule has 0 aliphatic carbocycles. The van der Waals surface area contributed by atoms with Crippen LogP contribution in [0.5, 0.6) is 0 Å². The molecule has 1 aliphatic heterocycles. The van der Waals surface area contributed by atoms with Gasteiger partial charge in [-0.25, -0.2) is 0 Å². The SMILES string of the molecule is Cc1c(C(C)NC(=O)CCC2CCNC2)oc2ccccc12. The fraction of sp³-hybridized carbons (Fsp3) is 0.500. The van der Waals surface area contributed by atoms with E-state index in [-0.39, 0.29) is 11.9 Å². The first-order valence-corrected chi connectivity index (χ1v) is 8.13. The molecule has 118 valence electrons. The number of carbonyl (C=O) groups excluding carboxylic acids is 1. The lowest BCUT2D eigenvalue weighted by atomic mass is 10.0. The average molecular weight is 300 g/mol. The molecule has 0 saturated carbocycles. The number of rotatable bonds is 5. The number of carbonyl (C=O) groups is 1. The van der Waals surface area contributed by atoms with E-state index in [0.29, 0.717) is 12.3 Å². The maximum Gasteiger partial charge on any atom is 0.220 e. The molecule has 22 heavy (non-hydrogen) atoms. The van der Waals surface area contributed by atoms with E-state index in [9.17, 15) is 4.79 Å². The number of hydrogen-bond acceptors (Lipinski definition) is 3. The van der Waals surface area contributed by atoms with E-state index in [0.717, 1.165) is 41.8 Å². The monoisotopic (exact) mass is 300 g/mol. The highest BCUT2D eigenvalue weighted by molar-refractivity contribution is 5.82. The lowest BCUT2D eigenvalue weighted by Crippen LogP contribution is -2.27. The summed E-state index contributed by atoms with van der Waals surface area (Å²) in [5, 5.41) is 7.53. The molecule has 4 heteroatoms. The van der Waals surface area contributed by atoms with Crippen molar-refractivity contribution in [2.24, 2.45) is 5.92 Å². The minimum Gasteiger partial charge on any atom is -0.459 e. The van der Waals surface area contributed by atoms with Crippen molar-refractivity contribution in [2.75, 3.05) is 13.1 Å². The zero-order valence-corrected chi connectivity index (χ0v) is 13.3. The Morgan fingerprint density at radius 3 is 3.00 bits per heavy atom. The number of aryl methyl sites for hydroxylation is 1. The van der Waals surface area contributed by atoms with Crippen molar-refractivity contribution in [3.63, 3.8) is 0 Å². The van der Waals surface area contributed by atoms with Crippen LogP contribution in [0.3, 0.4) is 0 Å². The number of furan rings is 1. The van der Waals surface area contributed by atoms with Gasteiger partial charge in [-0.2, -0.15) is 0 Å². The Labute approximate surface area is 131 Å². The Balaban J connectivity index is 1.61. The van der Waals surface area contributed by atoms with Crippen LogP contribution in [0.25, 0.3) is 11.0 Å². The summed E-state index contributed by atoms with van der Waals surface area (Å²) >= 11 is 0. The van der Waals surface area contributed by atoms with Crippen LogP contribution in [0.1, 0.15) is 43.6 Å². The van der Waals surface area contributed by atoms with Crippen LogP contribution in [0.15, 0.2) is 28.7 Å². The van der Waals surface area contributed by atoms with Gasteiger partial charge in [-0.05, 0) is 51.8 Å². The molecule has 0 bridgehead atoms. The van der Waals surface area contributed by atoms with Gasteiger partial charge in [0.2, 0.25) is 5.91 Å². The van der Waals surface area contributed by atoms with Crippen LogP contribution < -0.4 is 10.6 Å². The van der Waals surface area contributed by atoms with E-state index in [1.807, 2.05) is 32.0 Å². The molecule has 4 nitrogen and oxygen atoms in total. The van der Waals surface area contributed by atoms with Crippen molar-refractivity contribution in [2.45, 2.75) is 39.2 Å². The van der Waals surface area contributed by atoms with Gasteiger partial charge in [0.05, 0.1) is 6.04 Å². The van der Waals surface area contributed by atoms with E-state index in [1.165, 1.54) is 6.42 Å². The Kier molecular flexibility index (Phi) is 4.48. The molecular weight excluding hydrogens is 276 g/mol. The van der Waals surface area contributed by atoms with Crippen LogP contribution in [-0.4, -0.2) is 19.0 Å². The predicted octanol–water partition coefficient (Wildman–Crippen LogP) is 3.31. The molecule has 1 saturated heterocycles. The van der Waals surface area contributed by atoms with E-state index in [1.54, 1.807) is 0 Å². The standard InChI is InChI=1S/C18H24N2O2/c1-12-15-5-3-4-6-16(15)22-18(12)13(2)20-17(21)8-7-14-9-10-19-11-14/h3-6,13-14,19H,7-11H2,1-2H3,(H,20,21). The van der Waals surface area contributed by atoms with Crippen molar-refractivity contribution in [1.82, 2.24) is 10.6 Å². The smallest absolute Gasteiger partial charge is 0.220 e. The highest BCUT2D eigenvalue weighted by Gasteiger charge is 2.20. The van der Waals surface area contributed by atoms with Crippen molar-refractivity contribution in [1.29, 1.82) is 0 Å². The zero-order chi connectivity index (χ0) is 15.5. The van der Waals surface area contributed by atoms with Gasteiger partial charge < -0.3 is 15.1 Å². The Bertz CT molecular complexity index is 656. The summed E-state index contributed by atoms with van der Waals surface area (Å²) in [7, 11) is 0. The summed E-state index contributed by atoms with van der Waals surface area (Å²) in [4.78, 5) is 12.1. The van der Waals surface area contributed by atoms with Gasteiger partial charge in [0.25, 0.3) is 0 Å². The largest absolute Gasteiger partial charge is 0.459 e. The highest BCUT2D eigenvalue weighted by Crippen LogP contribution is 2.29. The first kappa shape index (κ1) is 15.1. The van der Waals surface area contributed by atoms with E-state index in [4.69, 9.17) is 4.42 Å². The number of fused-ring (bicyclic) bond motifs is 1. The molecule has 1 aromatic carbocycles. The van der Waals surface area contributed by atoms with E-state index >= 15 is 0 Å². The minimum absolute atomic E-state index is 0.0957. The molecule has 2 N–H and O–H groups in total. The first-order valence-electron chi connectivity index (χ1n) is 8.13. The molecule has 1 fully saturated rings. The summed E-state index contributed by atoms with van der Waals surface area (Å²) in [5.74, 6) is 1.62. The van der Waals surface area contributed by atoms with E-state index < -0.39 is 0 Å². The summed E-state index contributed by atoms with van der Waals surface area (Å²) < 4.78 is 5.91. The number of para-hydroxylation sites is 1. The number of hydrogen-bond donors (Lipinski definition) is 2. The van der Waals surface area contributed by atoms with Crippen molar-refractivity contribution in [3.05, 3.63) is 35.6 Å². The van der Waals surface area contributed by atoms with Crippen molar-refractivity contribution in [3.8, 4) is 0 Å². The quantitative estimate of drug-likeness (QED) is 0.890. The average Bonchev–Trinajstić information content (AvgIpc) is 3.14. The molecule has 2 atom stereocenters. The minimum atomic E-state index is -0.0957. The van der Waals surface area contributed by atoms with Gasteiger partial charge in [-0.1, -0.05) is 18.2 Å². The Morgan fingerprint density at radius 1 is 1.45 bits per heavy atom. The lowest BCUT2D eigenvalue weighted by Gasteiger charge is -2.14.